The first kappa shape index (κ1) is 21.7. The van der Waals surface area contributed by atoms with Crippen molar-refractivity contribution in [1.29, 1.82) is 0 Å². The van der Waals surface area contributed by atoms with Crippen molar-refractivity contribution in [2.75, 3.05) is 6.54 Å². The van der Waals surface area contributed by atoms with Crippen molar-refractivity contribution in [2.24, 2.45) is 17.6 Å². The third-order valence-electron chi connectivity index (χ3n) is 5.91. The highest BCUT2D eigenvalue weighted by atomic mass is 35.5. The number of aryl methyl sites for hydroxylation is 2. The second kappa shape index (κ2) is 10.1. The number of halogens is 1. The Balaban J connectivity index is 0.00000261. The summed E-state index contributed by atoms with van der Waals surface area (Å²) in [5, 5.41) is 5.92. The first-order valence-electron chi connectivity index (χ1n) is 9.88. The molecule has 0 radical (unpaired) electrons. The van der Waals surface area contributed by atoms with E-state index < -0.39 is 0 Å². The average Bonchev–Trinajstić information content (AvgIpc) is 2.60. The molecule has 0 saturated heterocycles. The minimum atomic E-state index is -0.0777. The van der Waals surface area contributed by atoms with Crippen molar-refractivity contribution < 1.29 is 9.59 Å². The molecule has 1 aromatic rings. The summed E-state index contributed by atoms with van der Waals surface area (Å²) < 4.78 is 0. The molecule has 2 bridgehead atoms. The second-order valence-corrected chi connectivity index (χ2v) is 8.04. The lowest BCUT2D eigenvalue weighted by molar-refractivity contribution is -0.127. The number of carbonyl (C=O) groups excluding carboxylic acids is 2. The summed E-state index contributed by atoms with van der Waals surface area (Å²) in [6.45, 7) is 2.11. The molecule has 2 fully saturated rings. The van der Waals surface area contributed by atoms with E-state index in [-0.39, 0.29) is 42.8 Å². The smallest absolute Gasteiger partial charge is 0.239 e. The maximum Gasteiger partial charge on any atom is 0.239 e. The number of benzene rings is 1. The Morgan fingerprint density at radius 2 is 1.70 bits per heavy atom. The lowest BCUT2D eigenvalue weighted by atomic mass is 9.67. The molecule has 2 amide bonds. The minimum Gasteiger partial charge on any atom is -0.351 e. The fourth-order valence-corrected chi connectivity index (χ4v) is 4.54. The molecule has 4 N–H and O–H groups in total. The summed E-state index contributed by atoms with van der Waals surface area (Å²) >= 11 is 0. The number of fused-ring (bicyclic) bond motifs is 2. The number of nitrogens with one attached hydrogen (secondary N) is 2. The van der Waals surface area contributed by atoms with E-state index in [1.165, 1.54) is 12.0 Å². The number of hydrogen-bond acceptors (Lipinski definition) is 3. The van der Waals surface area contributed by atoms with Crippen LogP contribution in [-0.2, 0) is 16.0 Å². The van der Waals surface area contributed by atoms with E-state index in [0.717, 1.165) is 31.2 Å². The van der Waals surface area contributed by atoms with E-state index in [9.17, 15) is 9.59 Å². The van der Waals surface area contributed by atoms with Crippen molar-refractivity contribution in [3.8, 4) is 0 Å². The van der Waals surface area contributed by atoms with Gasteiger partial charge in [-0.05, 0) is 56.4 Å². The highest BCUT2D eigenvalue weighted by Crippen LogP contribution is 2.39. The molecule has 0 aliphatic heterocycles. The Bertz CT molecular complexity index is 621. The summed E-state index contributed by atoms with van der Waals surface area (Å²) in [7, 11) is 0. The van der Waals surface area contributed by atoms with Gasteiger partial charge in [0.05, 0.1) is 6.54 Å². The lowest BCUT2D eigenvalue weighted by Gasteiger charge is -2.45. The molecule has 5 nitrogen and oxygen atoms in total. The number of nitrogens with two attached hydrogens (primary N) is 1. The van der Waals surface area contributed by atoms with Gasteiger partial charge in [0.1, 0.15) is 0 Å². The zero-order valence-corrected chi connectivity index (χ0v) is 16.9. The van der Waals surface area contributed by atoms with Gasteiger partial charge < -0.3 is 16.4 Å². The number of carbonyl (C=O) groups is 2. The Kier molecular flexibility index (Phi) is 8.11. The topological polar surface area (TPSA) is 84.2 Å². The molecular weight excluding hydrogens is 362 g/mol. The number of hydrogen-bond donors (Lipinski definition) is 3. The Morgan fingerprint density at radius 3 is 2.33 bits per heavy atom. The molecule has 2 saturated carbocycles. The molecule has 1 aromatic carbocycles. The summed E-state index contributed by atoms with van der Waals surface area (Å²) in [5.41, 5.74) is 8.49. The molecule has 2 aliphatic carbocycles. The van der Waals surface area contributed by atoms with Crippen molar-refractivity contribution in [3.63, 3.8) is 0 Å². The number of rotatable bonds is 6. The molecule has 0 heterocycles. The van der Waals surface area contributed by atoms with Crippen LogP contribution in [0.2, 0.25) is 0 Å². The van der Waals surface area contributed by atoms with Crippen LogP contribution in [0.4, 0.5) is 0 Å². The van der Waals surface area contributed by atoms with Crippen molar-refractivity contribution in [2.45, 2.75) is 64.0 Å². The third kappa shape index (κ3) is 6.22. The highest BCUT2D eigenvalue weighted by Gasteiger charge is 2.39. The van der Waals surface area contributed by atoms with Gasteiger partial charge in [-0.2, -0.15) is 0 Å². The van der Waals surface area contributed by atoms with E-state index in [1.807, 2.05) is 31.2 Å². The van der Waals surface area contributed by atoms with Crippen LogP contribution in [0.1, 0.15) is 49.7 Å². The Labute approximate surface area is 168 Å². The summed E-state index contributed by atoms with van der Waals surface area (Å²) in [5.74, 6) is 0.843. The van der Waals surface area contributed by atoms with Crippen LogP contribution in [-0.4, -0.2) is 30.4 Å². The summed E-state index contributed by atoms with van der Waals surface area (Å²) in [6.07, 6.45) is 6.65. The van der Waals surface area contributed by atoms with Crippen LogP contribution in [0, 0.1) is 18.8 Å². The van der Waals surface area contributed by atoms with Gasteiger partial charge in [0, 0.05) is 18.5 Å². The van der Waals surface area contributed by atoms with Gasteiger partial charge in [-0.3, -0.25) is 9.59 Å². The summed E-state index contributed by atoms with van der Waals surface area (Å²) in [6, 6.07) is 8.70. The van der Waals surface area contributed by atoms with E-state index in [1.54, 1.807) is 0 Å². The summed E-state index contributed by atoms with van der Waals surface area (Å²) in [4.78, 5) is 24.3. The highest BCUT2D eigenvalue weighted by molar-refractivity contribution is 5.85. The zero-order valence-electron chi connectivity index (χ0n) is 16.1. The monoisotopic (exact) mass is 393 g/mol. The van der Waals surface area contributed by atoms with Crippen LogP contribution in [0.25, 0.3) is 0 Å². The van der Waals surface area contributed by atoms with Gasteiger partial charge >= 0.3 is 0 Å². The van der Waals surface area contributed by atoms with E-state index in [2.05, 4.69) is 10.6 Å². The fourth-order valence-electron chi connectivity index (χ4n) is 4.54. The molecule has 150 valence electrons. The van der Waals surface area contributed by atoms with Crippen molar-refractivity contribution in [1.82, 2.24) is 10.6 Å². The zero-order chi connectivity index (χ0) is 18.5. The molecule has 0 spiro atoms. The minimum absolute atomic E-state index is 0. The lowest BCUT2D eigenvalue weighted by Crippen LogP contribution is -2.55. The van der Waals surface area contributed by atoms with Crippen molar-refractivity contribution in [3.05, 3.63) is 35.4 Å². The quantitative estimate of drug-likeness (QED) is 0.694. The molecule has 0 aromatic heterocycles. The second-order valence-electron chi connectivity index (χ2n) is 8.04. The van der Waals surface area contributed by atoms with Crippen molar-refractivity contribution >= 4 is 24.2 Å². The first-order chi connectivity index (χ1) is 12.5. The molecule has 2 aliphatic rings. The largest absolute Gasteiger partial charge is 0.351 e. The Hall–Kier alpha value is -1.59. The van der Waals surface area contributed by atoms with Gasteiger partial charge in [0.25, 0.3) is 0 Å². The van der Waals surface area contributed by atoms with Gasteiger partial charge in [0.2, 0.25) is 11.8 Å². The van der Waals surface area contributed by atoms with Crippen LogP contribution < -0.4 is 16.4 Å². The van der Waals surface area contributed by atoms with E-state index in [4.69, 9.17) is 5.73 Å². The van der Waals surface area contributed by atoms with Crippen LogP contribution in [0.5, 0.6) is 0 Å². The maximum atomic E-state index is 12.3. The predicted molar refractivity (Wildman–Crippen MR) is 110 cm³/mol. The molecular formula is C21H32ClN3O2. The van der Waals surface area contributed by atoms with E-state index in [0.29, 0.717) is 24.7 Å². The standard InChI is InChI=1S/C21H31N3O2.ClH/c1-14-5-7-15(8-6-14)9-10-19(25)23-13-20(26)24-21-16-3-2-4-17(21)12-18(22)11-16;/h5-8,16-18,21H,2-4,9-13,22H2,1H3,(H,23,25)(H,24,26);1H. The normalized spacial score (nSPS) is 26.6. The maximum absolute atomic E-state index is 12.3. The molecule has 3 rings (SSSR count). The van der Waals surface area contributed by atoms with E-state index >= 15 is 0 Å². The molecule has 2 atom stereocenters. The average molecular weight is 394 g/mol. The first-order valence-corrected chi connectivity index (χ1v) is 9.88. The van der Waals surface area contributed by atoms with Gasteiger partial charge in [-0.25, -0.2) is 0 Å². The molecule has 2 unspecified atom stereocenters. The van der Waals surface area contributed by atoms with Gasteiger partial charge in [-0.1, -0.05) is 36.2 Å². The third-order valence-corrected chi connectivity index (χ3v) is 5.91. The molecule has 6 heteroatoms. The predicted octanol–water partition coefficient (Wildman–Crippen LogP) is 2.49. The fraction of sp³-hybridized carbons (Fsp3) is 0.619. The van der Waals surface area contributed by atoms with Crippen LogP contribution in [0.15, 0.2) is 24.3 Å². The van der Waals surface area contributed by atoms with Gasteiger partial charge in [-0.15, -0.1) is 12.4 Å². The molecule has 27 heavy (non-hydrogen) atoms. The van der Waals surface area contributed by atoms with Crippen LogP contribution in [0.3, 0.4) is 0 Å². The Morgan fingerprint density at radius 1 is 1.07 bits per heavy atom. The SMILES string of the molecule is Cc1ccc(CCC(=O)NCC(=O)NC2C3CCCC2CC(N)C3)cc1.Cl. The van der Waals surface area contributed by atoms with Gasteiger partial charge in [0.15, 0.2) is 0 Å². The number of amides is 2. The van der Waals surface area contributed by atoms with Crippen LogP contribution >= 0.6 is 12.4 Å².